The molecule has 2 heterocycles. The van der Waals surface area contributed by atoms with E-state index >= 15 is 0 Å². The summed E-state index contributed by atoms with van der Waals surface area (Å²) in [5.41, 5.74) is 9.84. The van der Waals surface area contributed by atoms with Gasteiger partial charge in [0.05, 0.1) is 17.1 Å². The highest BCUT2D eigenvalue weighted by Crippen LogP contribution is 2.24. The van der Waals surface area contributed by atoms with Crippen LogP contribution in [0.3, 0.4) is 0 Å². The van der Waals surface area contributed by atoms with Gasteiger partial charge in [0.25, 0.3) is 0 Å². The third kappa shape index (κ3) is 2.78. The predicted octanol–water partition coefficient (Wildman–Crippen LogP) is 2.27. The molecule has 0 aliphatic carbocycles. The van der Waals surface area contributed by atoms with Crippen molar-refractivity contribution in [1.29, 1.82) is 0 Å². The van der Waals surface area contributed by atoms with Gasteiger partial charge in [-0.15, -0.1) is 5.10 Å². The fraction of sp³-hybridized carbons (Fsp3) is 0.500. The second kappa shape index (κ2) is 5.85. The van der Waals surface area contributed by atoms with Crippen molar-refractivity contribution in [2.75, 3.05) is 18.0 Å². The molecule has 0 unspecified atom stereocenters. The molecule has 2 N–H and O–H groups in total. The van der Waals surface area contributed by atoms with Crippen molar-refractivity contribution in [3.8, 4) is 5.69 Å². The molecule has 5 heteroatoms. The third-order valence-electron chi connectivity index (χ3n) is 4.43. The topological polar surface area (TPSA) is 60.0 Å². The van der Waals surface area contributed by atoms with E-state index in [1.165, 1.54) is 18.5 Å². The Hall–Kier alpha value is -1.88. The van der Waals surface area contributed by atoms with E-state index in [4.69, 9.17) is 5.73 Å². The minimum atomic E-state index is 0.426. The number of anilines is 1. The van der Waals surface area contributed by atoms with Gasteiger partial charge in [-0.3, -0.25) is 0 Å². The summed E-state index contributed by atoms with van der Waals surface area (Å²) in [5.74, 6) is 0.855. The van der Waals surface area contributed by atoms with Gasteiger partial charge in [-0.1, -0.05) is 12.1 Å². The third-order valence-corrected chi connectivity index (χ3v) is 4.43. The highest BCUT2D eigenvalue weighted by Gasteiger charge is 2.16. The van der Waals surface area contributed by atoms with Crippen LogP contribution in [0, 0.1) is 12.8 Å². The van der Waals surface area contributed by atoms with Crippen LogP contribution in [-0.4, -0.2) is 28.1 Å². The molecule has 1 aliphatic rings. The van der Waals surface area contributed by atoms with Gasteiger partial charge in [-0.2, -0.15) is 0 Å². The molecular weight excluding hydrogens is 262 g/mol. The number of rotatable bonds is 3. The van der Waals surface area contributed by atoms with Crippen molar-refractivity contribution in [2.45, 2.75) is 33.2 Å². The Labute approximate surface area is 125 Å². The second-order valence-electron chi connectivity index (χ2n) is 5.92. The number of hydrogen-bond acceptors (Lipinski definition) is 4. The molecule has 0 radical (unpaired) electrons. The summed E-state index contributed by atoms with van der Waals surface area (Å²) in [7, 11) is 0. The van der Waals surface area contributed by atoms with E-state index in [9.17, 15) is 0 Å². The van der Waals surface area contributed by atoms with Crippen molar-refractivity contribution in [2.24, 2.45) is 11.7 Å². The number of nitrogens with two attached hydrogens (primary N) is 1. The summed E-state index contributed by atoms with van der Waals surface area (Å²) < 4.78 is 1.85. The van der Waals surface area contributed by atoms with Crippen molar-refractivity contribution < 1.29 is 0 Å². The summed E-state index contributed by atoms with van der Waals surface area (Å²) in [5, 5.41) is 8.29. The first kappa shape index (κ1) is 14.1. The molecule has 1 saturated heterocycles. The van der Waals surface area contributed by atoms with E-state index in [1.807, 2.05) is 11.6 Å². The number of hydrogen-bond donors (Lipinski definition) is 1. The molecule has 0 bridgehead atoms. The van der Waals surface area contributed by atoms with Crippen molar-refractivity contribution in [1.82, 2.24) is 15.0 Å². The van der Waals surface area contributed by atoms with Gasteiger partial charge in [-0.05, 0) is 49.9 Å². The molecule has 21 heavy (non-hydrogen) atoms. The SMILES string of the molecule is Cc1c(CN)nnn1-c1ccc(N2CCC(C)CC2)cc1. The molecule has 1 aromatic carbocycles. The van der Waals surface area contributed by atoms with E-state index in [2.05, 4.69) is 46.4 Å². The summed E-state index contributed by atoms with van der Waals surface area (Å²) >= 11 is 0. The first-order valence-corrected chi connectivity index (χ1v) is 7.65. The summed E-state index contributed by atoms with van der Waals surface area (Å²) in [6.45, 7) is 7.07. The van der Waals surface area contributed by atoms with E-state index < -0.39 is 0 Å². The Morgan fingerprint density at radius 2 is 1.76 bits per heavy atom. The molecule has 1 aliphatic heterocycles. The largest absolute Gasteiger partial charge is 0.372 e. The average molecular weight is 285 g/mol. The zero-order valence-corrected chi connectivity index (χ0v) is 12.8. The summed E-state index contributed by atoms with van der Waals surface area (Å²) in [6, 6.07) is 8.56. The Morgan fingerprint density at radius 3 is 2.33 bits per heavy atom. The van der Waals surface area contributed by atoms with Crippen LogP contribution in [0.5, 0.6) is 0 Å². The molecule has 0 atom stereocenters. The van der Waals surface area contributed by atoms with Gasteiger partial charge in [0.2, 0.25) is 0 Å². The fourth-order valence-corrected chi connectivity index (χ4v) is 2.87. The lowest BCUT2D eigenvalue weighted by Gasteiger charge is -2.32. The normalized spacial score (nSPS) is 16.4. The molecule has 1 aromatic heterocycles. The van der Waals surface area contributed by atoms with Crippen LogP contribution in [0.15, 0.2) is 24.3 Å². The minimum Gasteiger partial charge on any atom is -0.372 e. The van der Waals surface area contributed by atoms with Crippen LogP contribution < -0.4 is 10.6 Å². The Balaban J connectivity index is 1.79. The molecule has 3 rings (SSSR count). The van der Waals surface area contributed by atoms with E-state index in [0.29, 0.717) is 6.54 Å². The highest BCUT2D eigenvalue weighted by atomic mass is 15.4. The molecule has 5 nitrogen and oxygen atoms in total. The van der Waals surface area contributed by atoms with Gasteiger partial charge >= 0.3 is 0 Å². The van der Waals surface area contributed by atoms with Crippen LogP contribution in [0.25, 0.3) is 5.69 Å². The molecule has 0 amide bonds. The molecule has 2 aromatic rings. The Bertz CT molecular complexity index is 594. The van der Waals surface area contributed by atoms with Crippen molar-refractivity contribution in [3.05, 3.63) is 35.7 Å². The zero-order valence-electron chi connectivity index (χ0n) is 12.8. The van der Waals surface area contributed by atoms with Crippen LogP contribution >= 0.6 is 0 Å². The zero-order chi connectivity index (χ0) is 14.8. The van der Waals surface area contributed by atoms with Gasteiger partial charge in [-0.25, -0.2) is 4.68 Å². The van der Waals surface area contributed by atoms with Crippen LogP contribution in [0.2, 0.25) is 0 Å². The maximum absolute atomic E-state index is 5.65. The smallest absolute Gasteiger partial charge is 0.0996 e. The maximum atomic E-state index is 5.65. The highest BCUT2D eigenvalue weighted by molar-refractivity contribution is 5.51. The van der Waals surface area contributed by atoms with E-state index in [-0.39, 0.29) is 0 Å². The van der Waals surface area contributed by atoms with Crippen molar-refractivity contribution in [3.63, 3.8) is 0 Å². The van der Waals surface area contributed by atoms with Crippen LogP contribution in [0.1, 0.15) is 31.2 Å². The van der Waals surface area contributed by atoms with Crippen molar-refractivity contribution >= 4 is 5.69 Å². The van der Waals surface area contributed by atoms with E-state index in [0.717, 1.165) is 36.1 Å². The summed E-state index contributed by atoms with van der Waals surface area (Å²) in [4.78, 5) is 2.46. The Morgan fingerprint density at radius 1 is 1.14 bits per heavy atom. The van der Waals surface area contributed by atoms with Crippen LogP contribution in [0.4, 0.5) is 5.69 Å². The van der Waals surface area contributed by atoms with E-state index in [1.54, 1.807) is 0 Å². The molecule has 0 saturated carbocycles. The lowest BCUT2D eigenvalue weighted by atomic mass is 9.99. The minimum absolute atomic E-state index is 0.426. The molecule has 0 spiro atoms. The molecule has 112 valence electrons. The number of aromatic nitrogens is 3. The first-order chi connectivity index (χ1) is 10.2. The Kier molecular flexibility index (Phi) is 3.92. The molecular formula is C16H23N5. The molecule has 1 fully saturated rings. The predicted molar refractivity (Wildman–Crippen MR) is 84.6 cm³/mol. The summed E-state index contributed by atoms with van der Waals surface area (Å²) in [6.07, 6.45) is 2.56. The standard InChI is InChI=1S/C16H23N5/c1-12-7-9-20(10-8-12)14-3-5-15(6-4-14)21-13(2)16(11-17)18-19-21/h3-6,12H,7-11,17H2,1-2H3. The van der Waals surface area contributed by atoms with Gasteiger partial charge in [0, 0.05) is 25.3 Å². The quantitative estimate of drug-likeness (QED) is 0.940. The lowest BCUT2D eigenvalue weighted by molar-refractivity contribution is 0.438. The van der Waals surface area contributed by atoms with Gasteiger partial charge in [0.15, 0.2) is 0 Å². The van der Waals surface area contributed by atoms with Gasteiger partial charge in [0.1, 0.15) is 0 Å². The number of piperidine rings is 1. The van der Waals surface area contributed by atoms with Gasteiger partial charge < -0.3 is 10.6 Å². The number of benzene rings is 1. The van der Waals surface area contributed by atoms with Crippen LogP contribution in [-0.2, 0) is 6.54 Å². The maximum Gasteiger partial charge on any atom is 0.0996 e. The average Bonchev–Trinajstić information content (AvgIpc) is 2.89. The first-order valence-electron chi connectivity index (χ1n) is 7.65. The fourth-order valence-electron chi connectivity index (χ4n) is 2.87. The monoisotopic (exact) mass is 285 g/mol. The second-order valence-corrected chi connectivity index (χ2v) is 5.92. The lowest BCUT2D eigenvalue weighted by Crippen LogP contribution is -2.32. The number of nitrogens with zero attached hydrogens (tertiary/aromatic N) is 4.